The Kier molecular flexibility index (Phi) is 4.53. The first-order chi connectivity index (χ1) is 9.88. The number of nitro benzene ring substituents is 1. The normalized spacial score (nSPS) is 10.4. The molecule has 0 aliphatic rings. The lowest BCUT2D eigenvalue weighted by molar-refractivity contribution is -0.386. The van der Waals surface area contributed by atoms with Gasteiger partial charge in [0.1, 0.15) is 17.3 Å². The molecule has 110 valence electrons. The Morgan fingerprint density at radius 1 is 1.48 bits per heavy atom. The predicted molar refractivity (Wildman–Crippen MR) is 76.4 cm³/mol. The zero-order chi connectivity index (χ0) is 15.6. The van der Waals surface area contributed by atoms with Crippen molar-refractivity contribution in [2.24, 2.45) is 0 Å². The molecule has 2 aromatic rings. The fourth-order valence-corrected chi connectivity index (χ4v) is 2.84. The standard InChI is InChI=1S/C12H7BrFNO5S/c13-8-3-6(14)4-9(15(18)19)11(8)20-5-7-1-2-10(21-7)12(16)17/h1-4H,5H2,(H,16,17). The lowest BCUT2D eigenvalue weighted by Crippen LogP contribution is -1.99. The summed E-state index contributed by atoms with van der Waals surface area (Å²) < 4.78 is 18.6. The van der Waals surface area contributed by atoms with Crippen LogP contribution in [0.1, 0.15) is 14.5 Å². The fraction of sp³-hybridized carbons (Fsp3) is 0.0833. The molecule has 0 fully saturated rings. The van der Waals surface area contributed by atoms with Gasteiger partial charge in [-0.2, -0.15) is 0 Å². The summed E-state index contributed by atoms with van der Waals surface area (Å²) in [6.45, 7) is -0.0526. The number of aromatic carboxylic acids is 1. The maximum Gasteiger partial charge on any atom is 0.345 e. The summed E-state index contributed by atoms with van der Waals surface area (Å²) >= 11 is 4.01. The second kappa shape index (κ2) is 6.19. The van der Waals surface area contributed by atoms with Crippen molar-refractivity contribution < 1.29 is 24.0 Å². The molecule has 0 aliphatic heterocycles. The van der Waals surface area contributed by atoms with Crippen LogP contribution >= 0.6 is 27.3 Å². The summed E-state index contributed by atoms with van der Waals surface area (Å²) in [6, 6.07) is 4.79. The Morgan fingerprint density at radius 3 is 2.76 bits per heavy atom. The molecule has 0 spiro atoms. The first kappa shape index (κ1) is 15.4. The zero-order valence-electron chi connectivity index (χ0n) is 10.2. The van der Waals surface area contributed by atoms with E-state index in [2.05, 4.69) is 15.9 Å². The number of rotatable bonds is 5. The number of carboxylic acids is 1. The van der Waals surface area contributed by atoms with Crippen LogP contribution in [-0.4, -0.2) is 16.0 Å². The van der Waals surface area contributed by atoms with Crippen LogP contribution in [-0.2, 0) is 6.61 Å². The molecule has 0 atom stereocenters. The summed E-state index contributed by atoms with van der Waals surface area (Å²) in [5.41, 5.74) is -0.503. The largest absolute Gasteiger partial charge is 0.480 e. The smallest absolute Gasteiger partial charge is 0.345 e. The number of carbonyl (C=O) groups is 1. The second-order valence-corrected chi connectivity index (χ2v) is 5.88. The van der Waals surface area contributed by atoms with E-state index in [1.54, 1.807) is 6.07 Å². The average molecular weight is 376 g/mol. The van der Waals surface area contributed by atoms with Gasteiger partial charge < -0.3 is 9.84 Å². The number of halogens is 2. The maximum atomic E-state index is 13.2. The van der Waals surface area contributed by atoms with E-state index in [-0.39, 0.29) is 21.7 Å². The van der Waals surface area contributed by atoms with Gasteiger partial charge in [0.05, 0.1) is 15.5 Å². The fourth-order valence-electron chi connectivity index (χ4n) is 1.54. The SMILES string of the molecule is O=C(O)c1ccc(COc2c(Br)cc(F)cc2[N+](=O)[O-])s1. The van der Waals surface area contributed by atoms with Gasteiger partial charge in [-0.3, -0.25) is 10.1 Å². The van der Waals surface area contributed by atoms with Gasteiger partial charge in [0.2, 0.25) is 5.75 Å². The van der Waals surface area contributed by atoms with Crippen molar-refractivity contribution in [3.05, 3.63) is 54.4 Å². The van der Waals surface area contributed by atoms with E-state index in [0.29, 0.717) is 4.88 Å². The van der Waals surface area contributed by atoms with Crippen molar-refractivity contribution in [3.8, 4) is 5.75 Å². The number of benzene rings is 1. The third kappa shape index (κ3) is 3.56. The summed E-state index contributed by atoms with van der Waals surface area (Å²) in [7, 11) is 0. The molecule has 1 aromatic heterocycles. The van der Waals surface area contributed by atoms with Crippen LogP contribution in [0.2, 0.25) is 0 Å². The lowest BCUT2D eigenvalue weighted by atomic mass is 10.3. The van der Waals surface area contributed by atoms with Gasteiger partial charge in [-0.25, -0.2) is 9.18 Å². The number of nitro groups is 1. The Hall–Kier alpha value is -2.00. The predicted octanol–water partition coefficient (Wildman–Crippen LogP) is 3.84. The first-order valence-corrected chi connectivity index (χ1v) is 7.07. The highest BCUT2D eigenvalue weighted by Crippen LogP contribution is 2.36. The van der Waals surface area contributed by atoms with E-state index < -0.39 is 22.4 Å². The molecule has 9 heteroatoms. The molecule has 6 nitrogen and oxygen atoms in total. The summed E-state index contributed by atoms with van der Waals surface area (Å²) in [6.07, 6.45) is 0. The van der Waals surface area contributed by atoms with E-state index >= 15 is 0 Å². The maximum absolute atomic E-state index is 13.2. The molecule has 1 aromatic carbocycles. The Balaban J connectivity index is 2.23. The van der Waals surface area contributed by atoms with E-state index in [9.17, 15) is 19.3 Å². The molecule has 0 bridgehead atoms. The van der Waals surface area contributed by atoms with Crippen molar-refractivity contribution in [1.82, 2.24) is 0 Å². The number of carboxylic acid groups (broad SMARTS) is 1. The molecular formula is C12H7BrFNO5S. The molecule has 1 heterocycles. The van der Waals surface area contributed by atoms with Gasteiger partial charge in [0, 0.05) is 4.88 Å². The lowest BCUT2D eigenvalue weighted by Gasteiger charge is -2.07. The highest BCUT2D eigenvalue weighted by molar-refractivity contribution is 9.10. The van der Waals surface area contributed by atoms with E-state index in [1.807, 2.05) is 0 Å². The molecule has 0 saturated carbocycles. The minimum Gasteiger partial charge on any atom is -0.480 e. The van der Waals surface area contributed by atoms with Crippen LogP contribution in [0.15, 0.2) is 28.7 Å². The van der Waals surface area contributed by atoms with Gasteiger partial charge in [-0.1, -0.05) is 0 Å². The molecular weight excluding hydrogens is 369 g/mol. The second-order valence-electron chi connectivity index (χ2n) is 3.85. The molecule has 0 unspecified atom stereocenters. The van der Waals surface area contributed by atoms with E-state index in [0.717, 1.165) is 23.5 Å². The van der Waals surface area contributed by atoms with Crippen molar-refractivity contribution in [3.63, 3.8) is 0 Å². The van der Waals surface area contributed by atoms with E-state index in [4.69, 9.17) is 9.84 Å². The number of thiophene rings is 1. The van der Waals surface area contributed by atoms with E-state index in [1.165, 1.54) is 6.07 Å². The summed E-state index contributed by atoms with van der Waals surface area (Å²) in [5.74, 6) is -1.92. The molecule has 0 aliphatic carbocycles. The number of nitrogens with zero attached hydrogens (tertiary/aromatic N) is 1. The third-order valence-electron chi connectivity index (χ3n) is 2.42. The quantitative estimate of drug-likeness (QED) is 0.633. The van der Waals surface area contributed by atoms with Crippen LogP contribution in [0.25, 0.3) is 0 Å². The number of hydrogen-bond acceptors (Lipinski definition) is 5. The number of ether oxygens (including phenoxy) is 1. The summed E-state index contributed by atoms with van der Waals surface area (Å²) in [5, 5.41) is 19.7. The molecule has 0 saturated heterocycles. The van der Waals surface area contributed by atoms with Crippen molar-refractivity contribution in [2.75, 3.05) is 0 Å². The van der Waals surface area contributed by atoms with Gasteiger partial charge in [0.15, 0.2) is 0 Å². The van der Waals surface area contributed by atoms with Crippen molar-refractivity contribution >= 4 is 38.9 Å². The minimum absolute atomic E-state index is 0.0526. The van der Waals surface area contributed by atoms with Crippen LogP contribution in [0.5, 0.6) is 5.75 Å². The van der Waals surface area contributed by atoms with Crippen molar-refractivity contribution in [2.45, 2.75) is 6.61 Å². The van der Waals surface area contributed by atoms with Crippen molar-refractivity contribution in [1.29, 1.82) is 0 Å². The molecule has 0 radical (unpaired) electrons. The van der Waals surface area contributed by atoms with Crippen LogP contribution in [0.3, 0.4) is 0 Å². The van der Waals surface area contributed by atoms with Gasteiger partial charge in [-0.05, 0) is 34.1 Å². The van der Waals surface area contributed by atoms with Gasteiger partial charge in [0.25, 0.3) is 0 Å². The van der Waals surface area contributed by atoms with Gasteiger partial charge >= 0.3 is 11.7 Å². The summed E-state index contributed by atoms with van der Waals surface area (Å²) in [4.78, 5) is 21.6. The molecule has 21 heavy (non-hydrogen) atoms. The molecule has 1 N–H and O–H groups in total. The average Bonchev–Trinajstić information content (AvgIpc) is 2.85. The topological polar surface area (TPSA) is 89.7 Å². The Labute approximate surface area is 130 Å². The minimum atomic E-state index is -1.06. The Bertz CT molecular complexity index is 718. The monoisotopic (exact) mass is 375 g/mol. The molecule has 2 rings (SSSR count). The van der Waals surface area contributed by atoms with Crippen LogP contribution < -0.4 is 4.74 Å². The molecule has 0 amide bonds. The Morgan fingerprint density at radius 2 is 2.19 bits per heavy atom. The zero-order valence-corrected chi connectivity index (χ0v) is 12.6. The highest BCUT2D eigenvalue weighted by Gasteiger charge is 2.21. The third-order valence-corrected chi connectivity index (χ3v) is 4.05. The highest BCUT2D eigenvalue weighted by atomic mass is 79.9. The van der Waals surface area contributed by atoms with Crippen LogP contribution in [0.4, 0.5) is 10.1 Å². The van der Waals surface area contributed by atoms with Gasteiger partial charge in [-0.15, -0.1) is 11.3 Å². The number of hydrogen-bond donors (Lipinski definition) is 1. The first-order valence-electron chi connectivity index (χ1n) is 5.46. The van der Waals surface area contributed by atoms with Crippen LogP contribution in [0, 0.1) is 15.9 Å².